The minimum atomic E-state index is -3.40. The van der Waals surface area contributed by atoms with Gasteiger partial charge in [-0.2, -0.15) is 0 Å². The van der Waals surface area contributed by atoms with Crippen LogP contribution in [0.2, 0.25) is 0 Å². The van der Waals surface area contributed by atoms with Gasteiger partial charge in [-0.3, -0.25) is 4.79 Å². The summed E-state index contributed by atoms with van der Waals surface area (Å²) in [5, 5.41) is -0.0729. The van der Waals surface area contributed by atoms with Crippen LogP contribution in [-0.2, 0) is 21.1 Å². The number of nitrogens with zero attached hydrogens (tertiary/aromatic N) is 1. The van der Waals surface area contributed by atoms with Crippen LogP contribution in [0.5, 0.6) is 5.88 Å². The molecule has 0 spiro atoms. The third-order valence-electron chi connectivity index (χ3n) is 2.09. The Labute approximate surface area is 99.7 Å². The first kappa shape index (κ1) is 13.4. The molecule has 0 aromatic carbocycles. The Hall–Kier alpha value is -1.63. The van der Waals surface area contributed by atoms with Gasteiger partial charge >= 0.3 is 0 Å². The van der Waals surface area contributed by atoms with Gasteiger partial charge in [0.05, 0.1) is 7.11 Å². The molecule has 94 valence electrons. The first-order chi connectivity index (χ1) is 7.82. The number of pyridine rings is 1. The third kappa shape index (κ3) is 4.03. The van der Waals surface area contributed by atoms with Crippen LogP contribution < -0.4 is 10.5 Å². The van der Waals surface area contributed by atoms with Crippen LogP contribution >= 0.6 is 0 Å². The number of amides is 1. The van der Waals surface area contributed by atoms with Crippen molar-refractivity contribution >= 4 is 15.7 Å². The van der Waals surface area contributed by atoms with Gasteiger partial charge in [-0.15, -0.1) is 0 Å². The third-order valence-corrected chi connectivity index (χ3v) is 3.06. The largest absolute Gasteiger partial charge is 0.481 e. The summed E-state index contributed by atoms with van der Waals surface area (Å²) in [6, 6.07) is 3.00. The Bertz CT molecular complexity index is 525. The lowest BCUT2D eigenvalue weighted by atomic mass is 10.1. The minimum absolute atomic E-state index is 0.0729. The summed E-state index contributed by atoms with van der Waals surface area (Å²) in [4.78, 5) is 14.5. The molecule has 0 bridgehead atoms. The van der Waals surface area contributed by atoms with Crippen LogP contribution in [0.4, 0.5) is 0 Å². The quantitative estimate of drug-likeness (QED) is 0.795. The number of sulfone groups is 1. The van der Waals surface area contributed by atoms with E-state index in [9.17, 15) is 13.2 Å². The molecule has 0 saturated heterocycles. The molecule has 0 atom stereocenters. The van der Waals surface area contributed by atoms with Crippen molar-refractivity contribution < 1.29 is 17.9 Å². The van der Waals surface area contributed by atoms with Crippen molar-refractivity contribution in [2.45, 2.75) is 17.9 Å². The van der Waals surface area contributed by atoms with Gasteiger partial charge in [0, 0.05) is 18.7 Å². The normalized spacial score (nSPS) is 11.2. The van der Waals surface area contributed by atoms with Gasteiger partial charge in [-0.25, -0.2) is 13.4 Å². The predicted molar refractivity (Wildman–Crippen MR) is 61.4 cm³/mol. The highest BCUT2D eigenvalue weighted by molar-refractivity contribution is 7.90. The molecule has 0 aliphatic heterocycles. The topological polar surface area (TPSA) is 99.4 Å². The number of methoxy groups -OCH3 is 1. The zero-order valence-electron chi connectivity index (χ0n) is 9.63. The highest BCUT2D eigenvalue weighted by Gasteiger charge is 2.12. The number of hydrogen-bond acceptors (Lipinski definition) is 5. The Morgan fingerprint density at radius 2 is 2.12 bits per heavy atom. The highest BCUT2D eigenvalue weighted by Crippen LogP contribution is 2.17. The molecular weight excluding hydrogens is 244 g/mol. The summed E-state index contributed by atoms with van der Waals surface area (Å²) in [5.74, 6) is -0.242. The van der Waals surface area contributed by atoms with Gasteiger partial charge in [-0.05, 0) is 18.1 Å². The van der Waals surface area contributed by atoms with Crippen molar-refractivity contribution in [3.63, 3.8) is 0 Å². The van der Waals surface area contributed by atoms with Crippen LogP contribution in [0.15, 0.2) is 17.2 Å². The number of carbonyl (C=O) groups excluding carboxylic acids is 1. The standard InChI is InChI=1S/C10H14N2O4S/c1-16-9-5-7(3-4-8(11)13)6-10(12-9)17(2,14)15/h5-6H,3-4H2,1-2H3,(H2,11,13). The molecule has 0 unspecified atom stereocenters. The number of rotatable bonds is 5. The van der Waals surface area contributed by atoms with Gasteiger partial charge in [-0.1, -0.05) is 0 Å². The maximum atomic E-state index is 11.4. The number of aryl methyl sites for hydroxylation is 1. The van der Waals surface area contributed by atoms with E-state index in [2.05, 4.69) is 4.98 Å². The van der Waals surface area contributed by atoms with Crippen molar-refractivity contribution in [3.8, 4) is 5.88 Å². The average Bonchev–Trinajstić information content (AvgIpc) is 2.24. The van der Waals surface area contributed by atoms with Gasteiger partial charge in [0.2, 0.25) is 11.8 Å². The maximum absolute atomic E-state index is 11.4. The lowest BCUT2D eigenvalue weighted by Gasteiger charge is -2.06. The number of ether oxygens (including phenoxy) is 1. The molecule has 1 rings (SSSR count). The lowest BCUT2D eigenvalue weighted by molar-refractivity contribution is -0.117. The van der Waals surface area contributed by atoms with E-state index >= 15 is 0 Å². The van der Waals surface area contributed by atoms with Crippen LogP contribution in [0.3, 0.4) is 0 Å². The zero-order valence-corrected chi connectivity index (χ0v) is 10.5. The molecule has 0 saturated carbocycles. The van der Waals surface area contributed by atoms with Gasteiger partial charge in [0.15, 0.2) is 14.9 Å². The smallest absolute Gasteiger partial charge is 0.217 e. The minimum Gasteiger partial charge on any atom is -0.481 e. The second kappa shape index (κ2) is 5.13. The fraction of sp³-hybridized carbons (Fsp3) is 0.400. The monoisotopic (exact) mass is 258 g/mol. The summed E-state index contributed by atoms with van der Waals surface area (Å²) >= 11 is 0. The second-order valence-electron chi connectivity index (χ2n) is 3.59. The van der Waals surface area contributed by atoms with Crippen LogP contribution in [0.25, 0.3) is 0 Å². The van der Waals surface area contributed by atoms with Crippen molar-refractivity contribution in [3.05, 3.63) is 17.7 Å². The van der Waals surface area contributed by atoms with E-state index < -0.39 is 15.7 Å². The first-order valence-electron chi connectivity index (χ1n) is 4.86. The predicted octanol–water partition coefficient (Wildman–Crippen LogP) is -0.0884. The number of aromatic nitrogens is 1. The first-order valence-corrected chi connectivity index (χ1v) is 6.75. The summed E-state index contributed by atoms with van der Waals surface area (Å²) in [7, 11) is -2.01. The fourth-order valence-corrected chi connectivity index (χ4v) is 1.86. The average molecular weight is 258 g/mol. The molecule has 0 aliphatic rings. The molecule has 6 nitrogen and oxygen atoms in total. The molecule has 2 N–H and O–H groups in total. The van der Waals surface area contributed by atoms with E-state index in [1.807, 2.05) is 0 Å². The molecule has 0 fully saturated rings. The molecule has 1 aromatic heterocycles. The molecule has 0 radical (unpaired) electrons. The summed E-state index contributed by atoms with van der Waals surface area (Å²) in [5.41, 5.74) is 5.68. The molecule has 1 aromatic rings. The summed E-state index contributed by atoms with van der Waals surface area (Å²) in [6.45, 7) is 0. The number of primary amides is 1. The Balaban J connectivity index is 3.10. The second-order valence-corrected chi connectivity index (χ2v) is 5.56. The SMILES string of the molecule is COc1cc(CCC(N)=O)cc(S(C)(=O)=O)n1. The van der Waals surface area contributed by atoms with Gasteiger partial charge in [0.25, 0.3) is 0 Å². The van der Waals surface area contributed by atoms with Crippen molar-refractivity contribution in [1.82, 2.24) is 4.98 Å². The maximum Gasteiger partial charge on any atom is 0.217 e. The lowest BCUT2D eigenvalue weighted by Crippen LogP contribution is -2.11. The van der Waals surface area contributed by atoms with Crippen molar-refractivity contribution in [2.75, 3.05) is 13.4 Å². The van der Waals surface area contributed by atoms with E-state index in [0.29, 0.717) is 12.0 Å². The van der Waals surface area contributed by atoms with Crippen molar-refractivity contribution in [2.24, 2.45) is 5.73 Å². The van der Waals surface area contributed by atoms with Crippen LogP contribution in [0.1, 0.15) is 12.0 Å². The summed E-state index contributed by atoms with van der Waals surface area (Å²) in [6.07, 6.45) is 1.57. The van der Waals surface area contributed by atoms with Crippen molar-refractivity contribution in [1.29, 1.82) is 0 Å². The fourth-order valence-electron chi connectivity index (χ4n) is 1.24. The van der Waals surface area contributed by atoms with Crippen LogP contribution in [0, 0.1) is 0 Å². The molecule has 7 heteroatoms. The Morgan fingerprint density at radius 3 is 2.59 bits per heavy atom. The van der Waals surface area contributed by atoms with E-state index in [0.717, 1.165) is 6.26 Å². The Kier molecular flexibility index (Phi) is 4.06. The Morgan fingerprint density at radius 1 is 1.47 bits per heavy atom. The van der Waals surface area contributed by atoms with E-state index in [1.54, 1.807) is 6.07 Å². The number of hydrogen-bond donors (Lipinski definition) is 1. The molecule has 1 heterocycles. The van der Waals surface area contributed by atoms with E-state index in [-0.39, 0.29) is 17.3 Å². The molecular formula is C10H14N2O4S. The summed E-state index contributed by atoms with van der Waals surface area (Å²) < 4.78 is 27.7. The zero-order chi connectivity index (χ0) is 13.1. The molecule has 0 aliphatic carbocycles. The van der Waals surface area contributed by atoms with Crippen LogP contribution in [-0.4, -0.2) is 32.7 Å². The van der Waals surface area contributed by atoms with Gasteiger partial charge in [0.1, 0.15) is 0 Å². The van der Waals surface area contributed by atoms with Gasteiger partial charge < -0.3 is 10.5 Å². The number of nitrogens with two attached hydrogens (primary N) is 1. The number of carbonyl (C=O) groups is 1. The molecule has 1 amide bonds. The van der Waals surface area contributed by atoms with E-state index in [1.165, 1.54) is 13.2 Å². The van der Waals surface area contributed by atoms with E-state index in [4.69, 9.17) is 10.5 Å². The molecule has 17 heavy (non-hydrogen) atoms. The highest BCUT2D eigenvalue weighted by atomic mass is 32.2.